The average Bonchev–Trinajstić information content (AvgIpc) is 2.93. The fraction of sp³-hybridized carbons (Fsp3) is 0.500. The number of rotatable bonds is 2. The Hall–Kier alpha value is -1.26. The molecule has 0 spiro atoms. The van der Waals surface area contributed by atoms with E-state index in [2.05, 4.69) is 11.4 Å². The summed E-state index contributed by atoms with van der Waals surface area (Å²) in [5.74, 6) is 0.385. The highest BCUT2D eigenvalue weighted by molar-refractivity contribution is 6.21. The van der Waals surface area contributed by atoms with Gasteiger partial charge in [-0.15, -0.1) is 11.6 Å². The van der Waals surface area contributed by atoms with Gasteiger partial charge in [0, 0.05) is 31.8 Å². The molecule has 2 unspecified atom stereocenters. The number of nitrogens with zero attached hydrogens (tertiary/aromatic N) is 1. The number of halogens is 1. The number of hydrogen-bond acceptors (Lipinski definition) is 2. The van der Waals surface area contributed by atoms with Crippen molar-refractivity contribution in [2.75, 3.05) is 25.6 Å². The van der Waals surface area contributed by atoms with Crippen LogP contribution in [0.25, 0.3) is 0 Å². The van der Waals surface area contributed by atoms with E-state index in [4.69, 9.17) is 16.3 Å². The smallest absolute Gasteiger partial charge is 0.321 e. The van der Waals surface area contributed by atoms with E-state index < -0.39 is 0 Å². The summed E-state index contributed by atoms with van der Waals surface area (Å²) in [7, 11) is 1.79. The Bertz CT molecular complexity index is 500. The maximum atomic E-state index is 11.6. The van der Waals surface area contributed by atoms with E-state index in [1.165, 1.54) is 0 Å². The van der Waals surface area contributed by atoms with Crippen LogP contribution >= 0.6 is 11.6 Å². The molecule has 4 nitrogen and oxygen atoms in total. The van der Waals surface area contributed by atoms with Gasteiger partial charge in [-0.05, 0) is 23.6 Å². The quantitative estimate of drug-likeness (QED) is 0.846. The molecule has 3 rings (SSSR count). The summed E-state index contributed by atoms with van der Waals surface area (Å²) < 4.78 is 5.39. The monoisotopic (exact) mass is 280 g/mol. The predicted molar refractivity (Wildman–Crippen MR) is 74.4 cm³/mol. The highest BCUT2D eigenvalue weighted by Gasteiger charge is 2.27. The molecule has 2 heterocycles. The summed E-state index contributed by atoms with van der Waals surface area (Å²) in [6.45, 7) is 2.17. The van der Waals surface area contributed by atoms with Gasteiger partial charge in [-0.1, -0.05) is 12.1 Å². The summed E-state index contributed by atoms with van der Waals surface area (Å²) in [5.41, 5.74) is 3.11. The first-order valence-corrected chi connectivity index (χ1v) is 6.95. The molecule has 2 amide bonds. The lowest BCUT2D eigenvalue weighted by atomic mass is 9.95. The van der Waals surface area contributed by atoms with Crippen molar-refractivity contribution >= 4 is 23.3 Å². The van der Waals surface area contributed by atoms with Crippen molar-refractivity contribution in [1.29, 1.82) is 0 Å². The number of carbonyl (C=O) groups excluding carboxylic acids is 1. The van der Waals surface area contributed by atoms with Crippen LogP contribution in [0.1, 0.15) is 22.9 Å². The van der Waals surface area contributed by atoms with E-state index in [0.29, 0.717) is 12.5 Å². The Morgan fingerprint density at radius 2 is 2.37 bits per heavy atom. The van der Waals surface area contributed by atoms with Gasteiger partial charge in [0.25, 0.3) is 0 Å². The summed E-state index contributed by atoms with van der Waals surface area (Å²) in [5, 5.41) is 2.85. The predicted octanol–water partition coefficient (Wildman–Crippen LogP) is 2.98. The number of ether oxygens (including phenoxy) is 1. The van der Waals surface area contributed by atoms with Gasteiger partial charge in [0.15, 0.2) is 0 Å². The third-order valence-electron chi connectivity index (χ3n) is 3.82. The van der Waals surface area contributed by atoms with Crippen molar-refractivity contribution in [2.24, 2.45) is 5.92 Å². The molecule has 1 saturated heterocycles. The number of amides is 2. The number of nitrogens with one attached hydrogen (secondary N) is 1. The molecule has 2 atom stereocenters. The third-order valence-corrected chi connectivity index (χ3v) is 4.43. The number of fused-ring (bicyclic) bond motifs is 1. The number of alkyl halides is 1. The van der Waals surface area contributed by atoms with Crippen LogP contribution in [0, 0.1) is 5.92 Å². The molecule has 19 heavy (non-hydrogen) atoms. The highest BCUT2D eigenvalue weighted by atomic mass is 35.5. The van der Waals surface area contributed by atoms with Gasteiger partial charge in [0.1, 0.15) is 0 Å². The topological polar surface area (TPSA) is 41.6 Å². The second kappa shape index (κ2) is 5.02. The first-order chi connectivity index (χ1) is 9.15. The van der Waals surface area contributed by atoms with Gasteiger partial charge in [-0.25, -0.2) is 4.79 Å². The molecule has 1 N–H and O–H groups in total. The van der Waals surface area contributed by atoms with E-state index >= 15 is 0 Å². The van der Waals surface area contributed by atoms with Crippen molar-refractivity contribution < 1.29 is 9.53 Å². The molecular formula is C14H17ClN2O2. The zero-order chi connectivity index (χ0) is 13.4. The number of urea groups is 1. The molecule has 1 fully saturated rings. The first-order valence-electron chi connectivity index (χ1n) is 6.52. The van der Waals surface area contributed by atoms with E-state index in [0.717, 1.165) is 36.4 Å². The second-order valence-electron chi connectivity index (χ2n) is 5.23. The standard InChI is InChI=1S/C14H17ClN2O2/c1-17-7-11-6-9(2-3-12(11)16-14(17)18)13(15)10-4-5-19-8-10/h2-3,6,10,13H,4-5,7-8H2,1H3,(H,16,18). The molecule has 1 aromatic rings. The lowest BCUT2D eigenvalue weighted by Crippen LogP contribution is -2.35. The van der Waals surface area contributed by atoms with Crippen molar-refractivity contribution in [1.82, 2.24) is 4.90 Å². The fourth-order valence-corrected chi connectivity index (χ4v) is 2.97. The zero-order valence-electron chi connectivity index (χ0n) is 10.9. The highest BCUT2D eigenvalue weighted by Crippen LogP contribution is 2.36. The molecular weight excluding hydrogens is 264 g/mol. The van der Waals surface area contributed by atoms with Gasteiger partial charge in [0.2, 0.25) is 0 Å². The van der Waals surface area contributed by atoms with Gasteiger partial charge in [-0.2, -0.15) is 0 Å². The molecule has 5 heteroatoms. The average molecular weight is 281 g/mol. The summed E-state index contributed by atoms with van der Waals surface area (Å²) in [4.78, 5) is 13.2. The Balaban J connectivity index is 1.84. The van der Waals surface area contributed by atoms with E-state index in [1.807, 2.05) is 12.1 Å². The lowest BCUT2D eigenvalue weighted by molar-refractivity contribution is 0.185. The Morgan fingerprint density at radius 3 is 3.11 bits per heavy atom. The number of hydrogen-bond donors (Lipinski definition) is 1. The third kappa shape index (κ3) is 2.42. The minimum atomic E-state index is -0.0631. The molecule has 2 aliphatic rings. The van der Waals surface area contributed by atoms with Crippen LogP contribution in [-0.4, -0.2) is 31.2 Å². The SMILES string of the molecule is CN1Cc2cc(C(Cl)C3CCOC3)ccc2NC1=O. The van der Waals surface area contributed by atoms with Crippen LogP contribution in [0.15, 0.2) is 18.2 Å². The summed E-state index contributed by atoms with van der Waals surface area (Å²) in [6.07, 6.45) is 1.02. The van der Waals surface area contributed by atoms with Gasteiger partial charge < -0.3 is 15.0 Å². The molecule has 102 valence electrons. The second-order valence-corrected chi connectivity index (χ2v) is 5.70. The Labute approximate surface area is 117 Å². The van der Waals surface area contributed by atoms with E-state index in [1.54, 1.807) is 11.9 Å². The van der Waals surface area contributed by atoms with Gasteiger partial charge in [0.05, 0.1) is 12.0 Å². The van der Waals surface area contributed by atoms with Crippen molar-refractivity contribution in [3.05, 3.63) is 29.3 Å². The maximum Gasteiger partial charge on any atom is 0.321 e. The number of anilines is 1. The van der Waals surface area contributed by atoms with Crippen LogP contribution in [0.5, 0.6) is 0 Å². The van der Waals surface area contributed by atoms with E-state index in [9.17, 15) is 4.79 Å². The minimum absolute atomic E-state index is 0.0178. The van der Waals surface area contributed by atoms with Crippen molar-refractivity contribution in [2.45, 2.75) is 18.3 Å². The molecule has 1 aromatic carbocycles. The van der Waals surface area contributed by atoms with Crippen LogP contribution in [-0.2, 0) is 11.3 Å². The maximum absolute atomic E-state index is 11.6. The van der Waals surface area contributed by atoms with Crippen LogP contribution in [0.3, 0.4) is 0 Å². The van der Waals surface area contributed by atoms with Crippen LogP contribution in [0.2, 0.25) is 0 Å². The largest absolute Gasteiger partial charge is 0.381 e. The van der Waals surface area contributed by atoms with Crippen LogP contribution in [0.4, 0.5) is 10.5 Å². The first kappa shape index (κ1) is 12.8. The van der Waals surface area contributed by atoms with Crippen molar-refractivity contribution in [3.8, 4) is 0 Å². The van der Waals surface area contributed by atoms with Crippen LogP contribution < -0.4 is 5.32 Å². The Kier molecular flexibility index (Phi) is 3.37. The molecule has 0 radical (unpaired) electrons. The molecule has 0 aliphatic carbocycles. The van der Waals surface area contributed by atoms with Crippen molar-refractivity contribution in [3.63, 3.8) is 0 Å². The molecule has 0 bridgehead atoms. The molecule has 0 aromatic heterocycles. The number of benzene rings is 1. The number of carbonyl (C=O) groups is 1. The summed E-state index contributed by atoms with van der Waals surface area (Å²) in [6, 6.07) is 5.98. The van der Waals surface area contributed by atoms with Gasteiger partial charge >= 0.3 is 6.03 Å². The normalized spacial score (nSPS) is 24.0. The fourth-order valence-electron chi connectivity index (χ4n) is 2.63. The van der Waals surface area contributed by atoms with E-state index in [-0.39, 0.29) is 11.4 Å². The minimum Gasteiger partial charge on any atom is -0.381 e. The molecule has 0 saturated carbocycles. The lowest BCUT2D eigenvalue weighted by Gasteiger charge is -2.27. The van der Waals surface area contributed by atoms with Gasteiger partial charge in [-0.3, -0.25) is 0 Å². The Morgan fingerprint density at radius 1 is 1.53 bits per heavy atom. The summed E-state index contributed by atoms with van der Waals surface area (Å²) >= 11 is 6.54. The molecule has 2 aliphatic heterocycles. The zero-order valence-corrected chi connectivity index (χ0v) is 11.6.